The van der Waals surface area contributed by atoms with Crippen molar-refractivity contribution in [3.8, 4) is 0 Å². The summed E-state index contributed by atoms with van der Waals surface area (Å²) < 4.78 is 5.51. The summed E-state index contributed by atoms with van der Waals surface area (Å²) in [6.45, 7) is 5.37. The molecule has 126 valence electrons. The van der Waals surface area contributed by atoms with Gasteiger partial charge in [-0.15, -0.1) is 0 Å². The molecule has 0 fully saturated rings. The van der Waals surface area contributed by atoms with Crippen molar-refractivity contribution in [1.82, 2.24) is 5.43 Å². The maximum atomic E-state index is 12.2. The van der Waals surface area contributed by atoms with E-state index >= 15 is 0 Å². The second-order valence-corrected chi connectivity index (χ2v) is 5.51. The van der Waals surface area contributed by atoms with Crippen LogP contribution in [0.25, 0.3) is 0 Å². The van der Waals surface area contributed by atoms with Gasteiger partial charge in [0.15, 0.2) is 0 Å². The first-order valence-electron chi connectivity index (χ1n) is 7.58. The molecule has 0 saturated carbocycles. The van der Waals surface area contributed by atoms with Crippen LogP contribution in [-0.4, -0.2) is 17.6 Å². The molecular weight excluding hydrogens is 308 g/mol. The lowest BCUT2D eigenvalue weighted by Crippen LogP contribution is -2.22. The Morgan fingerprint density at radius 3 is 2.58 bits per heavy atom. The molecule has 1 aromatic carbocycles. The molecule has 6 heteroatoms. The first kappa shape index (κ1) is 17.5. The molecule has 0 atom stereocenters. The number of benzene rings is 1. The van der Waals surface area contributed by atoms with Gasteiger partial charge in [-0.1, -0.05) is 18.2 Å². The second kappa shape index (κ2) is 7.59. The number of nitrogens with one attached hydrogen (secondary N) is 1. The van der Waals surface area contributed by atoms with E-state index in [1.165, 1.54) is 0 Å². The van der Waals surface area contributed by atoms with Gasteiger partial charge in [0.2, 0.25) is 0 Å². The molecule has 0 spiro atoms. The molecule has 0 aliphatic carbocycles. The van der Waals surface area contributed by atoms with Crippen LogP contribution in [0.15, 0.2) is 39.9 Å². The largest absolute Gasteiger partial charge is 0.550 e. The van der Waals surface area contributed by atoms with Crippen molar-refractivity contribution in [3.63, 3.8) is 0 Å². The molecule has 0 bridgehead atoms. The number of hydrogen-bond donors (Lipinski definition) is 1. The molecule has 1 N–H and O–H groups in total. The SMILES string of the molecule is C/C(=N/NC(=O)c1ccccc1C)c1cc(CCC(=O)[O-])oc1C. The van der Waals surface area contributed by atoms with E-state index in [0.717, 1.165) is 11.1 Å². The Balaban J connectivity index is 2.09. The Labute approximate surface area is 140 Å². The normalized spacial score (nSPS) is 11.4. The molecule has 1 amide bonds. The standard InChI is InChI=1S/C18H20N2O4/c1-11-6-4-5-7-15(11)18(23)20-19-12(2)16-10-14(24-13(16)3)8-9-17(21)22/h4-7,10H,8-9H2,1-3H3,(H,20,23)(H,21,22)/p-1/b19-12-. The van der Waals surface area contributed by atoms with Crippen LogP contribution in [0.5, 0.6) is 0 Å². The van der Waals surface area contributed by atoms with E-state index < -0.39 is 5.97 Å². The minimum absolute atomic E-state index is 0.105. The van der Waals surface area contributed by atoms with E-state index in [1.54, 1.807) is 32.0 Å². The van der Waals surface area contributed by atoms with Gasteiger partial charge in [-0.25, -0.2) is 5.43 Å². The van der Waals surface area contributed by atoms with Crippen LogP contribution in [0.4, 0.5) is 0 Å². The highest BCUT2D eigenvalue weighted by molar-refractivity contribution is 6.01. The van der Waals surface area contributed by atoms with E-state index in [4.69, 9.17) is 4.42 Å². The quantitative estimate of drug-likeness (QED) is 0.646. The molecule has 0 aliphatic heterocycles. The Morgan fingerprint density at radius 2 is 1.92 bits per heavy atom. The van der Waals surface area contributed by atoms with E-state index in [1.807, 2.05) is 19.1 Å². The lowest BCUT2D eigenvalue weighted by atomic mass is 10.1. The number of carboxylic acids is 1. The summed E-state index contributed by atoms with van der Waals surface area (Å²) in [5.74, 6) is -0.242. The van der Waals surface area contributed by atoms with Gasteiger partial charge in [0, 0.05) is 23.5 Å². The van der Waals surface area contributed by atoms with Crippen molar-refractivity contribution in [2.24, 2.45) is 5.10 Å². The molecule has 1 heterocycles. The zero-order valence-electron chi connectivity index (χ0n) is 13.9. The molecule has 0 saturated heterocycles. The first-order valence-corrected chi connectivity index (χ1v) is 7.58. The fourth-order valence-corrected chi connectivity index (χ4v) is 2.33. The van der Waals surface area contributed by atoms with Gasteiger partial charge < -0.3 is 14.3 Å². The number of carboxylic acid groups (broad SMARTS) is 1. The maximum Gasteiger partial charge on any atom is 0.271 e. The molecule has 2 aromatic rings. The van der Waals surface area contributed by atoms with Gasteiger partial charge in [-0.3, -0.25) is 4.79 Å². The summed E-state index contributed by atoms with van der Waals surface area (Å²) in [4.78, 5) is 22.7. The Bertz CT molecular complexity index is 790. The van der Waals surface area contributed by atoms with Crippen LogP contribution in [0.2, 0.25) is 0 Å². The van der Waals surface area contributed by atoms with Crippen LogP contribution in [0, 0.1) is 13.8 Å². The van der Waals surface area contributed by atoms with E-state index in [-0.39, 0.29) is 18.7 Å². The number of amides is 1. The number of aliphatic carboxylic acids is 1. The topological polar surface area (TPSA) is 94.7 Å². The maximum absolute atomic E-state index is 12.2. The molecule has 0 unspecified atom stereocenters. The van der Waals surface area contributed by atoms with Gasteiger partial charge in [0.05, 0.1) is 5.71 Å². The van der Waals surface area contributed by atoms with Crippen molar-refractivity contribution in [2.75, 3.05) is 0 Å². The Morgan fingerprint density at radius 1 is 1.21 bits per heavy atom. The number of furan rings is 1. The molecule has 6 nitrogen and oxygen atoms in total. The van der Waals surface area contributed by atoms with E-state index in [0.29, 0.717) is 22.8 Å². The van der Waals surface area contributed by atoms with Crippen molar-refractivity contribution in [1.29, 1.82) is 0 Å². The number of hydrazone groups is 1. The van der Waals surface area contributed by atoms with E-state index in [9.17, 15) is 14.7 Å². The Hall–Kier alpha value is -2.89. The van der Waals surface area contributed by atoms with Crippen LogP contribution in [-0.2, 0) is 11.2 Å². The molecule has 2 rings (SSSR count). The third kappa shape index (κ3) is 4.32. The number of hydrogen-bond acceptors (Lipinski definition) is 5. The summed E-state index contributed by atoms with van der Waals surface area (Å²) in [6.07, 6.45) is 0.151. The van der Waals surface area contributed by atoms with Crippen molar-refractivity contribution < 1.29 is 19.1 Å². The number of nitrogens with zero attached hydrogens (tertiary/aromatic N) is 1. The zero-order chi connectivity index (χ0) is 17.7. The molecule has 0 aliphatic rings. The van der Waals surface area contributed by atoms with Crippen molar-refractivity contribution in [2.45, 2.75) is 33.6 Å². The highest BCUT2D eigenvalue weighted by Gasteiger charge is 2.12. The van der Waals surface area contributed by atoms with Crippen molar-refractivity contribution in [3.05, 3.63) is 58.5 Å². The lowest BCUT2D eigenvalue weighted by molar-refractivity contribution is -0.305. The molecule has 1 aromatic heterocycles. The highest BCUT2D eigenvalue weighted by atomic mass is 16.4. The van der Waals surface area contributed by atoms with Crippen LogP contribution >= 0.6 is 0 Å². The van der Waals surface area contributed by atoms with Crippen LogP contribution < -0.4 is 10.5 Å². The number of carbonyl (C=O) groups excluding carboxylic acids is 2. The van der Waals surface area contributed by atoms with Gasteiger partial charge in [-0.05, 0) is 44.9 Å². The number of carbonyl (C=O) groups is 2. The summed E-state index contributed by atoms with van der Waals surface area (Å²) in [7, 11) is 0. The van der Waals surface area contributed by atoms with Gasteiger partial charge >= 0.3 is 0 Å². The molecular formula is C18H19N2O4-. The average molecular weight is 327 g/mol. The zero-order valence-corrected chi connectivity index (χ0v) is 13.9. The van der Waals surface area contributed by atoms with E-state index in [2.05, 4.69) is 10.5 Å². The minimum atomic E-state index is -1.12. The first-order chi connectivity index (χ1) is 11.4. The van der Waals surface area contributed by atoms with Gasteiger partial charge in [0.1, 0.15) is 11.5 Å². The third-order valence-electron chi connectivity index (χ3n) is 3.65. The summed E-state index contributed by atoms with van der Waals surface area (Å²) >= 11 is 0. The monoisotopic (exact) mass is 327 g/mol. The summed E-state index contributed by atoms with van der Waals surface area (Å²) in [6, 6.07) is 8.98. The van der Waals surface area contributed by atoms with Crippen molar-refractivity contribution >= 4 is 17.6 Å². The number of rotatable bonds is 6. The fraction of sp³-hybridized carbons (Fsp3) is 0.278. The number of aryl methyl sites for hydroxylation is 3. The van der Waals surface area contributed by atoms with Crippen LogP contribution in [0.3, 0.4) is 0 Å². The molecule has 24 heavy (non-hydrogen) atoms. The predicted molar refractivity (Wildman–Crippen MR) is 87.6 cm³/mol. The fourth-order valence-electron chi connectivity index (χ4n) is 2.33. The van der Waals surface area contributed by atoms with Gasteiger partial charge in [-0.2, -0.15) is 5.10 Å². The highest BCUT2D eigenvalue weighted by Crippen LogP contribution is 2.17. The average Bonchev–Trinajstić information content (AvgIpc) is 2.92. The minimum Gasteiger partial charge on any atom is -0.550 e. The van der Waals surface area contributed by atoms with Crippen LogP contribution in [0.1, 0.15) is 46.3 Å². The summed E-state index contributed by atoms with van der Waals surface area (Å²) in [5.41, 5.74) is 5.27. The summed E-state index contributed by atoms with van der Waals surface area (Å²) in [5, 5.41) is 14.6. The Kier molecular flexibility index (Phi) is 5.52. The predicted octanol–water partition coefficient (Wildman–Crippen LogP) is 1.73. The third-order valence-corrected chi connectivity index (χ3v) is 3.65. The second-order valence-electron chi connectivity index (χ2n) is 5.51. The lowest BCUT2D eigenvalue weighted by Gasteiger charge is -2.04. The van der Waals surface area contributed by atoms with Gasteiger partial charge in [0.25, 0.3) is 5.91 Å². The smallest absolute Gasteiger partial charge is 0.271 e. The molecule has 0 radical (unpaired) electrons.